The van der Waals surface area contributed by atoms with E-state index in [0.29, 0.717) is 11.3 Å². The van der Waals surface area contributed by atoms with Gasteiger partial charge in [-0.1, -0.05) is 17.7 Å². The number of hydrogen-bond acceptors (Lipinski definition) is 4. The van der Waals surface area contributed by atoms with E-state index in [2.05, 4.69) is 5.32 Å². The second-order valence-electron chi connectivity index (χ2n) is 5.12. The molecule has 0 aliphatic heterocycles. The maximum Gasteiger partial charge on any atom is 0.338 e. The average molecular weight is 366 g/mol. The van der Waals surface area contributed by atoms with Crippen LogP contribution in [0.2, 0.25) is 5.02 Å². The number of halogens is 2. The highest BCUT2D eigenvalue weighted by Gasteiger charge is 2.17. The first-order valence-electron chi connectivity index (χ1n) is 7.60. The van der Waals surface area contributed by atoms with Gasteiger partial charge in [0, 0.05) is 5.02 Å². The quantitative estimate of drug-likeness (QED) is 0.784. The fraction of sp³-hybridized carbons (Fsp3) is 0.222. The fourth-order valence-electron chi connectivity index (χ4n) is 1.99. The Balaban J connectivity index is 2.03. The van der Waals surface area contributed by atoms with Crippen LogP contribution in [0.3, 0.4) is 0 Å². The molecule has 0 fully saturated rings. The fourth-order valence-corrected chi connectivity index (χ4v) is 2.15. The molecular formula is C18H17ClFNO4. The van der Waals surface area contributed by atoms with Gasteiger partial charge in [-0.2, -0.15) is 0 Å². The summed E-state index contributed by atoms with van der Waals surface area (Å²) in [6.07, 6.45) is -0.910. The van der Waals surface area contributed by atoms with Crippen molar-refractivity contribution in [1.29, 1.82) is 0 Å². The SMILES string of the molecule is CCOC(=O)c1cccc(O[C@H](C)C(=O)Nc2ccc(Cl)cc2F)c1. The maximum atomic E-state index is 13.7. The zero-order chi connectivity index (χ0) is 18.4. The van der Waals surface area contributed by atoms with Crippen molar-refractivity contribution < 1.29 is 23.5 Å². The third-order valence-corrected chi connectivity index (χ3v) is 3.45. The number of carbonyl (C=O) groups is 2. The van der Waals surface area contributed by atoms with Gasteiger partial charge in [0.1, 0.15) is 11.6 Å². The highest BCUT2D eigenvalue weighted by atomic mass is 35.5. The standard InChI is InChI=1S/C18H17ClFNO4/c1-3-24-18(23)12-5-4-6-14(9-12)25-11(2)17(22)21-16-8-7-13(19)10-15(16)20/h4-11H,3H2,1-2H3,(H,21,22)/t11-/m1/s1. The van der Waals surface area contributed by atoms with Crippen molar-refractivity contribution in [3.05, 3.63) is 58.9 Å². The zero-order valence-electron chi connectivity index (χ0n) is 13.7. The van der Waals surface area contributed by atoms with E-state index < -0.39 is 23.8 Å². The lowest BCUT2D eigenvalue weighted by atomic mass is 10.2. The number of amides is 1. The Morgan fingerprint density at radius 3 is 2.68 bits per heavy atom. The molecule has 25 heavy (non-hydrogen) atoms. The van der Waals surface area contributed by atoms with Gasteiger partial charge >= 0.3 is 5.97 Å². The van der Waals surface area contributed by atoms with Crippen molar-refractivity contribution in [1.82, 2.24) is 0 Å². The van der Waals surface area contributed by atoms with E-state index >= 15 is 0 Å². The Morgan fingerprint density at radius 1 is 1.24 bits per heavy atom. The smallest absolute Gasteiger partial charge is 0.338 e. The molecule has 0 saturated carbocycles. The first-order valence-corrected chi connectivity index (χ1v) is 7.98. The summed E-state index contributed by atoms with van der Waals surface area (Å²) in [6, 6.07) is 10.2. The van der Waals surface area contributed by atoms with Gasteiger partial charge in [0.05, 0.1) is 17.9 Å². The minimum Gasteiger partial charge on any atom is -0.481 e. The maximum absolute atomic E-state index is 13.7. The number of benzene rings is 2. The molecule has 2 aromatic carbocycles. The van der Waals surface area contributed by atoms with Crippen LogP contribution in [0.25, 0.3) is 0 Å². The molecule has 0 saturated heterocycles. The predicted octanol–water partition coefficient (Wildman–Crippen LogP) is 4.06. The number of hydrogen-bond donors (Lipinski definition) is 1. The van der Waals surface area contributed by atoms with E-state index in [0.717, 1.165) is 6.07 Å². The molecule has 2 aromatic rings. The molecule has 0 spiro atoms. The van der Waals surface area contributed by atoms with Gasteiger partial charge in [-0.15, -0.1) is 0 Å². The molecule has 0 aromatic heterocycles. The van der Waals surface area contributed by atoms with E-state index in [9.17, 15) is 14.0 Å². The number of carbonyl (C=O) groups excluding carboxylic acids is 2. The van der Waals surface area contributed by atoms with Gasteiger partial charge in [0.2, 0.25) is 0 Å². The summed E-state index contributed by atoms with van der Waals surface area (Å²) in [5.74, 6) is -1.34. The third-order valence-electron chi connectivity index (χ3n) is 3.22. The Kier molecular flexibility index (Phi) is 6.36. The molecule has 7 heteroatoms. The number of anilines is 1. The Labute approximate surface area is 149 Å². The number of rotatable bonds is 6. The van der Waals surface area contributed by atoms with Crippen molar-refractivity contribution in [2.24, 2.45) is 0 Å². The highest BCUT2D eigenvalue weighted by Crippen LogP contribution is 2.20. The van der Waals surface area contributed by atoms with Crippen molar-refractivity contribution in [2.75, 3.05) is 11.9 Å². The molecule has 0 unspecified atom stereocenters. The Hall–Kier alpha value is -2.60. The Bertz CT molecular complexity index is 781. The summed E-state index contributed by atoms with van der Waals surface area (Å²) in [7, 11) is 0. The van der Waals surface area contributed by atoms with Crippen LogP contribution in [0.4, 0.5) is 10.1 Å². The number of nitrogens with one attached hydrogen (secondary N) is 1. The van der Waals surface area contributed by atoms with Crippen molar-refractivity contribution in [2.45, 2.75) is 20.0 Å². The van der Waals surface area contributed by atoms with E-state index in [1.165, 1.54) is 25.1 Å². The average Bonchev–Trinajstić information content (AvgIpc) is 2.57. The summed E-state index contributed by atoms with van der Waals surface area (Å²) in [5.41, 5.74) is 0.320. The topological polar surface area (TPSA) is 64.6 Å². The Morgan fingerprint density at radius 2 is 2.00 bits per heavy atom. The van der Waals surface area contributed by atoms with Crippen LogP contribution >= 0.6 is 11.6 Å². The van der Waals surface area contributed by atoms with Crippen LogP contribution in [0.5, 0.6) is 5.75 Å². The molecule has 2 rings (SSSR count). The molecule has 0 aliphatic rings. The molecule has 1 amide bonds. The van der Waals surface area contributed by atoms with Crippen molar-refractivity contribution in [3.8, 4) is 5.75 Å². The van der Waals surface area contributed by atoms with Crippen molar-refractivity contribution >= 4 is 29.2 Å². The summed E-state index contributed by atoms with van der Waals surface area (Å²) in [6.45, 7) is 3.48. The van der Waals surface area contributed by atoms with E-state index in [1.807, 2.05) is 0 Å². The summed E-state index contributed by atoms with van der Waals surface area (Å²) in [5, 5.41) is 2.66. The molecule has 0 aliphatic carbocycles. The third kappa shape index (κ3) is 5.19. The van der Waals surface area contributed by atoms with E-state index in [1.54, 1.807) is 25.1 Å². The first-order chi connectivity index (χ1) is 11.9. The number of ether oxygens (including phenoxy) is 2. The first kappa shape index (κ1) is 18.7. The van der Waals surface area contributed by atoms with Gasteiger partial charge in [0.25, 0.3) is 5.91 Å². The summed E-state index contributed by atoms with van der Waals surface area (Å²) < 4.78 is 24.1. The van der Waals surface area contributed by atoms with Gasteiger partial charge in [-0.3, -0.25) is 4.79 Å². The second-order valence-corrected chi connectivity index (χ2v) is 5.56. The van der Waals surface area contributed by atoms with Crippen molar-refractivity contribution in [3.63, 3.8) is 0 Å². The van der Waals surface area contributed by atoms with E-state index in [-0.39, 0.29) is 17.3 Å². The van der Waals surface area contributed by atoms with Crippen LogP contribution < -0.4 is 10.1 Å². The van der Waals surface area contributed by atoms with Gasteiger partial charge in [-0.25, -0.2) is 9.18 Å². The molecule has 0 heterocycles. The van der Waals surface area contributed by atoms with Crippen LogP contribution in [-0.4, -0.2) is 24.6 Å². The summed E-state index contributed by atoms with van der Waals surface area (Å²) >= 11 is 5.67. The highest BCUT2D eigenvalue weighted by molar-refractivity contribution is 6.30. The zero-order valence-corrected chi connectivity index (χ0v) is 14.5. The molecule has 5 nitrogen and oxygen atoms in total. The minimum atomic E-state index is -0.910. The summed E-state index contributed by atoms with van der Waals surface area (Å²) in [4.78, 5) is 23.9. The molecular weight excluding hydrogens is 349 g/mol. The normalized spacial score (nSPS) is 11.5. The van der Waals surface area contributed by atoms with Crippen LogP contribution in [0.1, 0.15) is 24.2 Å². The molecule has 132 valence electrons. The molecule has 1 atom stereocenters. The number of esters is 1. The van der Waals surface area contributed by atoms with Crippen LogP contribution in [0.15, 0.2) is 42.5 Å². The predicted molar refractivity (Wildman–Crippen MR) is 92.5 cm³/mol. The largest absolute Gasteiger partial charge is 0.481 e. The van der Waals surface area contributed by atoms with Gasteiger partial charge < -0.3 is 14.8 Å². The van der Waals surface area contributed by atoms with Gasteiger partial charge in [0.15, 0.2) is 6.10 Å². The van der Waals surface area contributed by atoms with E-state index in [4.69, 9.17) is 21.1 Å². The van der Waals surface area contributed by atoms with Gasteiger partial charge in [-0.05, 0) is 50.2 Å². The minimum absolute atomic E-state index is 0.00474. The molecule has 1 N–H and O–H groups in total. The van der Waals surface area contributed by atoms with Crippen LogP contribution in [-0.2, 0) is 9.53 Å². The molecule has 0 radical (unpaired) electrons. The second kappa shape index (κ2) is 8.48. The monoisotopic (exact) mass is 365 g/mol. The molecule has 0 bridgehead atoms. The lowest BCUT2D eigenvalue weighted by Gasteiger charge is -2.15. The van der Waals surface area contributed by atoms with Crippen LogP contribution in [0, 0.1) is 5.82 Å². The lowest BCUT2D eigenvalue weighted by molar-refractivity contribution is -0.122. The lowest BCUT2D eigenvalue weighted by Crippen LogP contribution is -2.30.